The highest BCUT2D eigenvalue weighted by Gasteiger charge is 2.00. The molecule has 5 nitrogen and oxygen atoms in total. The smallest absolute Gasteiger partial charge is 0.127 e. The number of hydrogen-bond donors (Lipinski definition) is 1. The molecule has 0 aliphatic heterocycles. The van der Waals surface area contributed by atoms with Gasteiger partial charge < -0.3 is 5.21 Å². The van der Waals surface area contributed by atoms with Crippen LogP contribution in [0.5, 0.6) is 0 Å². The Hall–Kier alpha value is -1.88. The zero-order chi connectivity index (χ0) is 10.7. The van der Waals surface area contributed by atoms with Crippen LogP contribution in [0.3, 0.4) is 0 Å². The van der Waals surface area contributed by atoms with Crippen LogP contribution in [0.15, 0.2) is 35.6 Å². The Kier molecular flexibility index (Phi) is 2.64. The lowest BCUT2D eigenvalue weighted by atomic mass is 10.3. The summed E-state index contributed by atoms with van der Waals surface area (Å²) in [6.45, 7) is 0. The fourth-order valence-electron chi connectivity index (χ4n) is 1.12. The van der Waals surface area contributed by atoms with Gasteiger partial charge in [-0.3, -0.25) is 0 Å². The minimum atomic E-state index is 0.479. The molecule has 1 N–H and O–H groups in total. The first-order valence-electron chi connectivity index (χ1n) is 4.15. The van der Waals surface area contributed by atoms with E-state index in [1.165, 1.54) is 6.21 Å². The zero-order valence-corrected chi connectivity index (χ0v) is 8.33. The van der Waals surface area contributed by atoms with Crippen LogP contribution < -0.4 is 0 Å². The van der Waals surface area contributed by atoms with Gasteiger partial charge in [-0.25, -0.2) is 4.68 Å². The van der Waals surface area contributed by atoms with Crippen molar-refractivity contribution in [1.29, 1.82) is 0 Å². The Balaban J connectivity index is 2.33. The molecule has 0 amide bonds. The molecule has 0 spiro atoms. The molecular formula is C9H7ClN4O. The average molecular weight is 223 g/mol. The van der Waals surface area contributed by atoms with Crippen molar-refractivity contribution < 1.29 is 5.21 Å². The molecule has 0 atom stereocenters. The molecule has 0 aliphatic carbocycles. The number of hydrogen-bond acceptors (Lipinski definition) is 4. The van der Waals surface area contributed by atoms with Gasteiger partial charge in [0.15, 0.2) is 0 Å². The van der Waals surface area contributed by atoms with Crippen LogP contribution in [0.2, 0.25) is 5.02 Å². The van der Waals surface area contributed by atoms with Crippen molar-refractivity contribution in [3.63, 3.8) is 0 Å². The van der Waals surface area contributed by atoms with Gasteiger partial charge in [0.05, 0.1) is 18.1 Å². The number of oxime groups is 1. The van der Waals surface area contributed by atoms with Crippen molar-refractivity contribution in [3.8, 4) is 5.69 Å². The number of rotatable bonds is 2. The van der Waals surface area contributed by atoms with Crippen LogP contribution in [-0.4, -0.2) is 26.4 Å². The number of nitrogens with zero attached hydrogens (tertiary/aromatic N) is 4. The minimum absolute atomic E-state index is 0.479. The fourth-order valence-corrected chi connectivity index (χ4v) is 1.24. The monoisotopic (exact) mass is 222 g/mol. The molecule has 0 saturated heterocycles. The van der Waals surface area contributed by atoms with Crippen molar-refractivity contribution >= 4 is 17.8 Å². The predicted molar refractivity (Wildman–Crippen MR) is 55.7 cm³/mol. The van der Waals surface area contributed by atoms with Gasteiger partial charge >= 0.3 is 0 Å². The van der Waals surface area contributed by atoms with Crippen molar-refractivity contribution in [3.05, 3.63) is 41.2 Å². The third kappa shape index (κ3) is 2.13. The molecule has 1 aromatic heterocycles. The summed E-state index contributed by atoms with van der Waals surface area (Å²) in [5.41, 5.74) is 1.32. The van der Waals surface area contributed by atoms with Gasteiger partial charge in [0.2, 0.25) is 0 Å². The Morgan fingerprint density at radius 3 is 2.73 bits per heavy atom. The Bertz CT molecular complexity index is 477. The fraction of sp³-hybridized carbons (Fsp3) is 0. The maximum absolute atomic E-state index is 8.31. The molecule has 0 aliphatic rings. The van der Waals surface area contributed by atoms with E-state index in [0.29, 0.717) is 10.7 Å². The van der Waals surface area contributed by atoms with E-state index in [-0.39, 0.29) is 0 Å². The van der Waals surface area contributed by atoms with E-state index in [1.807, 2.05) is 12.1 Å². The summed E-state index contributed by atoms with van der Waals surface area (Å²) >= 11 is 5.75. The number of halogens is 1. The third-order valence-electron chi connectivity index (χ3n) is 1.79. The van der Waals surface area contributed by atoms with Crippen LogP contribution in [-0.2, 0) is 0 Å². The molecule has 0 bridgehead atoms. The maximum Gasteiger partial charge on any atom is 0.127 e. The first kappa shape index (κ1) is 9.67. The second-order valence-electron chi connectivity index (χ2n) is 2.81. The molecule has 15 heavy (non-hydrogen) atoms. The van der Waals surface area contributed by atoms with E-state index in [2.05, 4.69) is 15.5 Å². The standard InChI is InChI=1S/C9H7ClN4O/c10-7-1-3-9(4-2-7)14-6-8(5-11-15)12-13-14/h1-6,15H. The zero-order valence-electron chi connectivity index (χ0n) is 7.58. The Morgan fingerprint density at radius 1 is 1.33 bits per heavy atom. The van der Waals surface area contributed by atoms with Gasteiger partial charge in [-0.2, -0.15) is 0 Å². The summed E-state index contributed by atoms with van der Waals surface area (Å²) in [4.78, 5) is 0. The summed E-state index contributed by atoms with van der Waals surface area (Å²) in [5, 5.41) is 19.5. The van der Waals surface area contributed by atoms with E-state index in [0.717, 1.165) is 5.69 Å². The molecule has 6 heteroatoms. The summed E-state index contributed by atoms with van der Waals surface area (Å²) in [7, 11) is 0. The van der Waals surface area contributed by atoms with Gasteiger partial charge in [-0.1, -0.05) is 22.0 Å². The van der Waals surface area contributed by atoms with Crippen molar-refractivity contribution in [2.45, 2.75) is 0 Å². The molecule has 0 unspecified atom stereocenters. The topological polar surface area (TPSA) is 63.3 Å². The van der Waals surface area contributed by atoms with Gasteiger partial charge in [-0.15, -0.1) is 5.10 Å². The van der Waals surface area contributed by atoms with Crippen LogP contribution in [0.4, 0.5) is 0 Å². The molecule has 2 rings (SSSR count). The van der Waals surface area contributed by atoms with Crippen LogP contribution >= 0.6 is 11.6 Å². The lowest BCUT2D eigenvalue weighted by Gasteiger charge is -1.98. The highest BCUT2D eigenvalue weighted by molar-refractivity contribution is 6.30. The quantitative estimate of drug-likeness (QED) is 0.478. The number of aromatic nitrogens is 3. The molecule has 76 valence electrons. The highest BCUT2D eigenvalue weighted by Crippen LogP contribution is 2.12. The molecular weight excluding hydrogens is 216 g/mol. The summed E-state index contributed by atoms with van der Waals surface area (Å²) in [5.74, 6) is 0. The molecule has 0 saturated carbocycles. The van der Waals surface area contributed by atoms with E-state index < -0.39 is 0 Å². The first-order valence-corrected chi connectivity index (χ1v) is 4.53. The minimum Gasteiger partial charge on any atom is -0.411 e. The SMILES string of the molecule is ON=Cc1cn(-c2ccc(Cl)cc2)nn1. The summed E-state index contributed by atoms with van der Waals surface area (Å²) in [6.07, 6.45) is 2.85. The predicted octanol–water partition coefficient (Wildman–Crippen LogP) is 1.73. The van der Waals surface area contributed by atoms with Gasteiger partial charge in [0, 0.05) is 5.02 Å². The summed E-state index contributed by atoms with van der Waals surface area (Å²) in [6, 6.07) is 7.16. The van der Waals surface area contributed by atoms with Crippen LogP contribution in [0, 0.1) is 0 Å². The lowest BCUT2D eigenvalue weighted by molar-refractivity contribution is 0.321. The normalized spacial score (nSPS) is 11.0. The first-order chi connectivity index (χ1) is 7.29. The van der Waals surface area contributed by atoms with Crippen LogP contribution in [0.1, 0.15) is 5.69 Å². The van der Waals surface area contributed by atoms with Crippen molar-refractivity contribution in [1.82, 2.24) is 15.0 Å². The van der Waals surface area contributed by atoms with Crippen molar-refractivity contribution in [2.24, 2.45) is 5.16 Å². The largest absolute Gasteiger partial charge is 0.411 e. The second-order valence-corrected chi connectivity index (χ2v) is 3.25. The van der Waals surface area contributed by atoms with Gasteiger partial charge in [0.1, 0.15) is 5.69 Å². The maximum atomic E-state index is 8.31. The second kappa shape index (κ2) is 4.10. The van der Waals surface area contributed by atoms with E-state index in [1.54, 1.807) is 23.0 Å². The Labute approximate surface area is 90.6 Å². The van der Waals surface area contributed by atoms with E-state index in [9.17, 15) is 0 Å². The summed E-state index contributed by atoms with van der Waals surface area (Å²) < 4.78 is 1.56. The molecule has 2 aromatic rings. The van der Waals surface area contributed by atoms with Gasteiger partial charge in [-0.05, 0) is 24.3 Å². The van der Waals surface area contributed by atoms with Crippen molar-refractivity contribution in [2.75, 3.05) is 0 Å². The van der Waals surface area contributed by atoms with E-state index in [4.69, 9.17) is 16.8 Å². The average Bonchev–Trinajstić information content (AvgIpc) is 2.68. The molecule has 1 aromatic carbocycles. The molecule has 0 fully saturated rings. The number of benzene rings is 1. The lowest BCUT2D eigenvalue weighted by Crippen LogP contribution is -1.93. The highest BCUT2D eigenvalue weighted by atomic mass is 35.5. The molecule has 0 radical (unpaired) electrons. The Morgan fingerprint density at radius 2 is 2.07 bits per heavy atom. The molecule has 1 heterocycles. The van der Waals surface area contributed by atoms with E-state index >= 15 is 0 Å². The third-order valence-corrected chi connectivity index (χ3v) is 2.04. The van der Waals surface area contributed by atoms with Crippen LogP contribution in [0.25, 0.3) is 5.69 Å². The van der Waals surface area contributed by atoms with Gasteiger partial charge in [0.25, 0.3) is 0 Å².